The van der Waals surface area contributed by atoms with E-state index in [-0.39, 0.29) is 0 Å². The number of rotatable bonds is 0. The summed E-state index contributed by atoms with van der Waals surface area (Å²) in [5.74, 6) is -6.52. The molecule has 1 fully saturated rings. The molecule has 0 saturated carbocycles. The van der Waals surface area contributed by atoms with Crippen LogP contribution in [0, 0.1) is 0 Å². The molecule has 0 unspecified atom stereocenters. The molecule has 1 aliphatic heterocycles. The lowest BCUT2D eigenvalue weighted by Gasteiger charge is -2.13. The lowest BCUT2D eigenvalue weighted by Crippen LogP contribution is -2.40. The monoisotopic (exact) mass is 158 g/mol. The van der Waals surface area contributed by atoms with Crippen LogP contribution in [-0.2, 0) is 9.53 Å². The van der Waals surface area contributed by atoms with Gasteiger partial charge in [0, 0.05) is 0 Å². The molecule has 0 aromatic heterocycles. The zero-order valence-corrected chi connectivity index (χ0v) is 4.54. The van der Waals surface area contributed by atoms with Gasteiger partial charge in [-0.1, -0.05) is 0 Å². The molecule has 0 N–H and O–H groups in total. The number of hydrogen-bond acceptors (Lipinski definition) is 2. The number of carbonyl (C=O) groups excluding carboxylic acids is 1. The van der Waals surface area contributed by atoms with Gasteiger partial charge in [0.2, 0.25) is 5.78 Å². The Morgan fingerprint density at radius 3 is 1.90 bits per heavy atom. The molecule has 1 saturated heterocycles. The van der Waals surface area contributed by atoms with Crippen LogP contribution in [0.15, 0.2) is 0 Å². The van der Waals surface area contributed by atoms with Gasteiger partial charge in [0.25, 0.3) is 0 Å². The first-order chi connectivity index (χ1) is 4.38. The van der Waals surface area contributed by atoms with Gasteiger partial charge in [0.15, 0.2) is 0 Å². The van der Waals surface area contributed by atoms with Crippen LogP contribution in [0.2, 0.25) is 0 Å². The molecule has 0 radical (unpaired) electrons. The van der Waals surface area contributed by atoms with Crippen molar-refractivity contribution in [2.45, 2.75) is 12.0 Å². The summed E-state index contributed by atoms with van der Waals surface area (Å²) >= 11 is 0. The number of halogens is 4. The third-order valence-electron chi connectivity index (χ3n) is 1.10. The van der Waals surface area contributed by atoms with Gasteiger partial charge < -0.3 is 4.74 Å². The molecule has 1 aliphatic rings. The van der Waals surface area contributed by atoms with E-state index in [9.17, 15) is 22.4 Å². The molecule has 58 valence electrons. The van der Waals surface area contributed by atoms with E-state index in [4.69, 9.17) is 0 Å². The highest BCUT2D eigenvalue weighted by Gasteiger charge is 2.68. The first-order valence-corrected chi connectivity index (χ1v) is 2.31. The van der Waals surface area contributed by atoms with Gasteiger partial charge >= 0.3 is 12.0 Å². The third kappa shape index (κ3) is 0.716. The molecule has 0 aromatic rings. The van der Waals surface area contributed by atoms with Crippen molar-refractivity contribution < 1.29 is 27.1 Å². The zero-order valence-electron chi connectivity index (χ0n) is 4.54. The summed E-state index contributed by atoms with van der Waals surface area (Å²) in [6.07, 6.45) is -4.62. The van der Waals surface area contributed by atoms with Gasteiger partial charge in [-0.3, -0.25) is 4.79 Å². The molecule has 6 heteroatoms. The van der Waals surface area contributed by atoms with Crippen molar-refractivity contribution in [1.82, 2.24) is 0 Å². The second-order valence-electron chi connectivity index (χ2n) is 1.80. The van der Waals surface area contributed by atoms with Crippen molar-refractivity contribution in [2.24, 2.45) is 0 Å². The Hall–Kier alpha value is -0.650. The van der Waals surface area contributed by atoms with Gasteiger partial charge in [-0.15, -0.1) is 0 Å². The number of ether oxygens (including phenoxy) is 1. The van der Waals surface area contributed by atoms with Crippen molar-refractivity contribution in [2.75, 3.05) is 6.61 Å². The number of carbonyl (C=O) groups is 1. The van der Waals surface area contributed by atoms with E-state index in [2.05, 4.69) is 4.74 Å². The largest absolute Gasteiger partial charge is 0.427 e. The number of Topliss-reactive ketones (excluding diaryl/α,β-unsaturated/α-hetero) is 1. The van der Waals surface area contributed by atoms with Crippen molar-refractivity contribution in [3.8, 4) is 0 Å². The van der Waals surface area contributed by atoms with E-state index >= 15 is 0 Å². The van der Waals surface area contributed by atoms with Crippen LogP contribution in [0.1, 0.15) is 0 Å². The zero-order chi connectivity index (χ0) is 7.99. The average molecular weight is 158 g/mol. The molecule has 2 nitrogen and oxygen atoms in total. The van der Waals surface area contributed by atoms with Crippen molar-refractivity contribution in [3.05, 3.63) is 0 Å². The van der Waals surface area contributed by atoms with E-state index in [1.54, 1.807) is 0 Å². The highest BCUT2D eigenvalue weighted by atomic mass is 19.3. The maximum absolute atomic E-state index is 11.9. The van der Waals surface area contributed by atoms with Crippen LogP contribution >= 0.6 is 0 Å². The average Bonchev–Trinajstić information content (AvgIpc) is 1.94. The second-order valence-corrected chi connectivity index (χ2v) is 1.80. The predicted octanol–water partition coefficient (Wildman–Crippen LogP) is 0.814. The fourth-order valence-corrected chi connectivity index (χ4v) is 0.500. The van der Waals surface area contributed by atoms with Crippen LogP contribution in [0.4, 0.5) is 17.6 Å². The quantitative estimate of drug-likeness (QED) is 0.487. The molecule has 0 bridgehead atoms. The number of ketones is 1. The first kappa shape index (κ1) is 7.46. The summed E-state index contributed by atoms with van der Waals surface area (Å²) in [7, 11) is 0. The van der Waals surface area contributed by atoms with Crippen LogP contribution in [0.25, 0.3) is 0 Å². The van der Waals surface area contributed by atoms with E-state index < -0.39 is 24.4 Å². The maximum Gasteiger partial charge on any atom is 0.427 e. The molecule has 0 amide bonds. The minimum atomic E-state index is -4.65. The normalized spacial score (nSPS) is 29.0. The van der Waals surface area contributed by atoms with Gasteiger partial charge in [0.1, 0.15) is 6.61 Å². The molecule has 1 rings (SSSR count). The van der Waals surface area contributed by atoms with E-state index in [0.29, 0.717) is 0 Å². The summed E-state index contributed by atoms with van der Waals surface area (Å²) in [6, 6.07) is 0. The van der Waals surface area contributed by atoms with Gasteiger partial charge in [-0.25, -0.2) is 0 Å². The fourth-order valence-electron chi connectivity index (χ4n) is 0.500. The van der Waals surface area contributed by atoms with Crippen molar-refractivity contribution in [3.63, 3.8) is 0 Å². The Kier molecular flexibility index (Phi) is 1.26. The first-order valence-electron chi connectivity index (χ1n) is 2.31. The summed E-state index contributed by atoms with van der Waals surface area (Å²) in [6.45, 7) is -1.22. The second kappa shape index (κ2) is 1.69. The Morgan fingerprint density at radius 2 is 1.80 bits per heavy atom. The Morgan fingerprint density at radius 1 is 1.30 bits per heavy atom. The van der Waals surface area contributed by atoms with Crippen LogP contribution in [-0.4, -0.2) is 24.4 Å². The molecule has 1 heterocycles. The minimum Gasteiger partial charge on any atom is -0.307 e. The predicted molar refractivity (Wildman–Crippen MR) is 20.9 cm³/mol. The Balaban J connectivity index is 2.95. The summed E-state index contributed by atoms with van der Waals surface area (Å²) in [5.41, 5.74) is 0. The lowest BCUT2D eigenvalue weighted by atomic mass is 10.2. The van der Waals surface area contributed by atoms with Crippen LogP contribution in [0.3, 0.4) is 0 Å². The minimum absolute atomic E-state index is 1.22. The van der Waals surface area contributed by atoms with Gasteiger partial charge in [-0.2, -0.15) is 17.6 Å². The molecular weight excluding hydrogens is 156 g/mol. The highest BCUT2D eigenvalue weighted by Crippen LogP contribution is 2.40. The Bertz CT molecular complexity index is 176. The van der Waals surface area contributed by atoms with Gasteiger partial charge in [0.05, 0.1) is 0 Å². The number of hydrogen-bond donors (Lipinski definition) is 0. The molecule has 0 atom stereocenters. The van der Waals surface area contributed by atoms with Crippen LogP contribution in [0.5, 0.6) is 0 Å². The number of alkyl halides is 4. The summed E-state index contributed by atoms with van der Waals surface area (Å²) in [5, 5.41) is 0. The smallest absolute Gasteiger partial charge is 0.307 e. The molecule has 0 aromatic carbocycles. The highest BCUT2D eigenvalue weighted by molar-refractivity contribution is 5.89. The molecule has 10 heavy (non-hydrogen) atoms. The van der Waals surface area contributed by atoms with Crippen molar-refractivity contribution in [1.29, 1.82) is 0 Å². The topological polar surface area (TPSA) is 26.3 Å². The SMILES string of the molecule is O=C1COC(F)(F)C1(F)F. The van der Waals surface area contributed by atoms with E-state index in [0.717, 1.165) is 0 Å². The summed E-state index contributed by atoms with van der Waals surface area (Å²) in [4.78, 5) is 9.96. The van der Waals surface area contributed by atoms with E-state index in [1.807, 2.05) is 0 Å². The molecule has 0 aliphatic carbocycles. The van der Waals surface area contributed by atoms with E-state index in [1.165, 1.54) is 0 Å². The Labute approximate surface area is 52.8 Å². The maximum atomic E-state index is 11.9. The summed E-state index contributed by atoms with van der Waals surface area (Å²) < 4.78 is 50.6. The fraction of sp³-hybridized carbons (Fsp3) is 0.750. The molecule has 0 spiro atoms. The van der Waals surface area contributed by atoms with Crippen LogP contribution < -0.4 is 0 Å². The van der Waals surface area contributed by atoms with Gasteiger partial charge in [-0.05, 0) is 0 Å². The van der Waals surface area contributed by atoms with Crippen molar-refractivity contribution >= 4 is 5.78 Å². The standard InChI is InChI=1S/C4H2F4O2/c5-3(6)2(9)1-10-4(3,7)8/h1H2. The third-order valence-corrected chi connectivity index (χ3v) is 1.10. The lowest BCUT2D eigenvalue weighted by molar-refractivity contribution is -0.297. The molecular formula is C4H2F4O2.